The van der Waals surface area contributed by atoms with Crippen LogP contribution in [-0.2, 0) is 0 Å². The Kier molecular flexibility index (Phi) is 2.34. The van der Waals surface area contributed by atoms with Gasteiger partial charge in [0.05, 0.1) is 0 Å². The summed E-state index contributed by atoms with van der Waals surface area (Å²) in [7, 11) is 0. The quantitative estimate of drug-likeness (QED) is 0.675. The molecule has 3 heterocycles. The minimum absolute atomic E-state index is 0.709. The first kappa shape index (κ1) is 10.7. The summed E-state index contributed by atoms with van der Waals surface area (Å²) < 4.78 is 0. The van der Waals surface area contributed by atoms with Crippen LogP contribution in [0.2, 0.25) is 0 Å². The van der Waals surface area contributed by atoms with Gasteiger partial charge in [-0.2, -0.15) is 4.98 Å². The van der Waals surface area contributed by atoms with Gasteiger partial charge in [0.2, 0.25) is 5.95 Å². The average Bonchev–Trinajstić information content (AvgIpc) is 2.86. The molecule has 4 rings (SSSR count). The molecule has 0 saturated carbocycles. The van der Waals surface area contributed by atoms with E-state index < -0.39 is 0 Å². The highest BCUT2D eigenvalue weighted by atomic mass is 15.3. The lowest BCUT2D eigenvalue weighted by Crippen LogP contribution is -2.44. The Hall–Kier alpha value is -2.21. The molecule has 2 N–H and O–H groups in total. The van der Waals surface area contributed by atoms with Crippen LogP contribution < -0.4 is 10.2 Å². The van der Waals surface area contributed by atoms with E-state index in [1.54, 1.807) is 0 Å². The van der Waals surface area contributed by atoms with Gasteiger partial charge < -0.3 is 15.2 Å². The fourth-order valence-electron chi connectivity index (χ4n) is 2.51. The number of piperazine rings is 1. The smallest absolute Gasteiger partial charge is 0.247 e. The molecule has 0 unspecified atom stereocenters. The van der Waals surface area contributed by atoms with E-state index in [1.165, 1.54) is 0 Å². The number of aromatic nitrogens is 4. The van der Waals surface area contributed by atoms with E-state index in [4.69, 9.17) is 0 Å². The predicted molar refractivity (Wildman–Crippen MR) is 74.3 cm³/mol. The number of rotatable bonds is 1. The zero-order valence-corrected chi connectivity index (χ0v) is 10.4. The van der Waals surface area contributed by atoms with E-state index >= 15 is 0 Å². The predicted octanol–water partition coefficient (Wildman–Crippen LogP) is 0.916. The lowest BCUT2D eigenvalue weighted by molar-refractivity contribution is 0.578. The number of hydrogen-bond acceptors (Lipinski definition) is 5. The molecule has 0 spiro atoms. The van der Waals surface area contributed by atoms with E-state index in [2.05, 4.69) is 30.4 Å². The molecule has 0 atom stereocenters. The molecular formula is C13H14N6. The van der Waals surface area contributed by atoms with Gasteiger partial charge in [-0.25, -0.2) is 0 Å². The lowest BCUT2D eigenvalue weighted by atomic mass is 10.2. The second kappa shape index (κ2) is 4.17. The number of aromatic amines is 1. The summed E-state index contributed by atoms with van der Waals surface area (Å²) in [6, 6.07) is 8.07. The normalized spacial score (nSPS) is 16.3. The van der Waals surface area contributed by atoms with E-state index in [9.17, 15) is 0 Å². The molecule has 1 aliphatic heterocycles. The SMILES string of the molecule is c1ccc2c(c1)[nH]c1nc(N3CCNCC3)nnc12. The van der Waals surface area contributed by atoms with Crippen LogP contribution in [0, 0.1) is 0 Å². The van der Waals surface area contributed by atoms with Gasteiger partial charge >= 0.3 is 0 Å². The van der Waals surface area contributed by atoms with E-state index in [0.29, 0.717) is 5.95 Å². The second-order valence-electron chi connectivity index (χ2n) is 4.72. The first-order valence-corrected chi connectivity index (χ1v) is 6.48. The van der Waals surface area contributed by atoms with Gasteiger partial charge in [0, 0.05) is 37.1 Å². The third kappa shape index (κ3) is 1.72. The van der Waals surface area contributed by atoms with Crippen LogP contribution in [0.25, 0.3) is 22.1 Å². The summed E-state index contributed by atoms with van der Waals surface area (Å²) in [5.74, 6) is 0.709. The van der Waals surface area contributed by atoms with Crippen molar-refractivity contribution in [3.05, 3.63) is 24.3 Å². The molecule has 6 nitrogen and oxygen atoms in total. The number of para-hydroxylation sites is 1. The van der Waals surface area contributed by atoms with Crippen LogP contribution in [0.15, 0.2) is 24.3 Å². The maximum Gasteiger partial charge on any atom is 0.247 e. The summed E-state index contributed by atoms with van der Waals surface area (Å²) in [6.07, 6.45) is 0. The maximum atomic E-state index is 4.61. The zero-order valence-electron chi connectivity index (χ0n) is 10.4. The van der Waals surface area contributed by atoms with Gasteiger partial charge in [0.15, 0.2) is 5.65 Å². The van der Waals surface area contributed by atoms with E-state index in [0.717, 1.165) is 48.2 Å². The monoisotopic (exact) mass is 254 g/mol. The number of benzene rings is 1. The number of anilines is 1. The van der Waals surface area contributed by atoms with Crippen LogP contribution >= 0.6 is 0 Å². The largest absolute Gasteiger partial charge is 0.338 e. The maximum absolute atomic E-state index is 4.61. The van der Waals surface area contributed by atoms with Crippen molar-refractivity contribution in [2.45, 2.75) is 0 Å². The molecule has 19 heavy (non-hydrogen) atoms. The lowest BCUT2D eigenvalue weighted by Gasteiger charge is -2.26. The van der Waals surface area contributed by atoms with Crippen LogP contribution in [0.3, 0.4) is 0 Å². The molecule has 96 valence electrons. The Morgan fingerprint density at radius 3 is 2.79 bits per heavy atom. The molecule has 3 aromatic rings. The van der Waals surface area contributed by atoms with Gasteiger partial charge in [0.1, 0.15) is 5.52 Å². The molecule has 1 aliphatic rings. The van der Waals surface area contributed by atoms with Crippen LogP contribution in [0.5, 0.6) is 0 Å². The molecule has 1 fully saturated rings. The minimum atomic E-state index is 0.709. The molecular weight excluding hydrogens is 240 g/mol. The standard InChI is InChI=1S/C13H14N6/c1-2-4-10-9(3-1)11-12(15-10)16-13(18-17-11)19-7-5-14-6-8-19/h1-4,14H,5-8H2,(H,15,16,18). The highest BCUT2D eigenvalue weighted by Gasteiger charge is 2.15. The highest BCUT2D eigenvalue weighted by Crippen LogP contribution is 2.22. The number of nitrogens with zero attached hydrogens (tertiary/aromatic N) is 4. The highest BCUT2D eigenvalue weighted by molar-refractivity contribution is 6.03. The summed E-state index contributed by atoms with van der Waals surface area (Å²) >= 11 is 0. The molecule has 2 aromatic heterocycles. The van der Waals surface area contributed by atoms with E-state index in [1.807, 2.05) is 24.3 Å². The third-order valence-corrected chi connectivity index (χ3v) is 3.51. The Morgan fingerprint density at radius 1 is 1.05 bits per heavy atom. The fourth-order valence-corrected chi connectivity index (χ4v) is 2.51. The first-order chi connectivity index (χ1) is 9.42. The van der Waals surface area contributed by atoms with Crippen molar-refractivity contribution < 1.29 is 0 Å². The van der Waals surface area contributed by atoms with Gasteiger partial charge in [-0.15, -0.1) is 10.2 Å². The number of nitrogens with one attached hydrogen (secondary N) is 2. The molecule has 6 heteroatoms. The van der Waals surface area contributed by atoms with Crippen LogP contribution in [-0.4, -0.2) is 46.3 Å². The number of hydrogen-bond donors (Lipinski definition) is 2. The summed E-state index contributed by atoms with van der Waals surface area (Å²) in [6.45, 7) is 3.78. The molecule has 0 bridgehead atoms. The van der Waals surface area contributed by atoms with Crippen LogP contribution in [0.1, 0.15) is 0 Å². The minimum Gasteiger partial charge on any atom is -0.338 e. The van der Waals surface area contributed by atoms with Crippen LogP contribution in [0.4, 0.5) is 5.95 Å². The van der Waals surface area contributed by atoms with Crippen molar-refractivity contribution in [2.24, 2.45) is 0 Å². The first-order valence-electron chi connectivity index (χ1n) is 6.48. The third-order valence-electron chi connectivity index (χ3n) is 3.51. The summed E-state index contributed by atoms with van der Waals surface area (Å²) in [4.78, 5) is 10.1. The molecule has 0 aliphatic carbocycles. The Bertz CT molecular complexity index is 728. The summed E-state index contributed by atoms with van der Waals surface area (Å²) in [5.41, 5.74) is 2.70. The van der Waals surface area contributed by atoms with Gasteiger partial charge in [-0.1, -0.05) is 18.2 Å². The fraction of sp³-hybridized carbons (Fsp3) is 0.308. The molecule has 0 radical (unpaired) electrons. The Morgan fingerprint density at radius 2 is 1.89 bits per heavy atom. The van der Waals surface area contributed by atoms with E-state index in [-0.39, 0.29) is 0 Å². The Labute approximate surface area is 109 Å². The summed E-state index contributed by atoms with van der Waals surface area (Å²) in [5, 5.41) is 13.0. The van der Waals surface area contributed by atoms with Crippen molar-refractivity contribution >= 4 is 28.0 Å². The van der Waals surface area contributed by atoms with Crippen molar-refractivity contribution in [3.8, 4) is 0 Å². The zero-order chi connectivity index (χ0) is 12.7. The molecule has 0 amide bonds. The van der Waals surface area contributed by atoms with Crippen molar-refractivity contribution in [3.63, 3.8) is 0 Å². The molecule has 1 aromatic carbocycles. The number of fused-ring (bicyclic) bond motifs is 3. The van der Waals surface area contributed by atoms with Gasteiger partial charge in [-0.3, -0.25) is 0 Å². The second-order valence-corrected chi connectivity index (χ2v) is 4.72. The van der Waals surface area contributed by atoms with Gasteiger partial charge in [0.25, 0.3) is 0 Å². The Balaban J connectivity index is 1.84. The van der Waals surface area contributed by atoms with Crippen molar-refractivity contribution in [2.75, 3.05) is 31.1 Å². The molecule has 1 saturated heterocycles. The topological polar surface area (TPSA) is 69.7 Å². The number of H-pyrrole nitrogens is 1. The average molecular weight is 254 g/mol. The van der Waals surface area contributed by atoms with Crippen molar-refractivity contribution in [1.29, 1.82) is 0 Å². The van der Waals surface area contributed by atoms with Crippen molar-refractivity contribution in [1.82, 2.24) is 25.5 Å². The van der Waals surface area contributed by atoms with Gasteiger partial charge in [-0.05, 0) is 6.07 Å².